The normalized spacial score (nSPS) is 13.3. The van der Waals surface area contributed by atoms with Crippen LogP contribution in [0.5, 0.6) is 5.75 Å². The van der Waals surface area contributed by atoms with Crippen LogP contribution < -0.4 is 0 Å². The first-order valence-corrected chi connectivity index (χ1v) is 20.9. The van der Waals surface area contributed by atoms with Crippen LogP contribution in [0.2, 0.25) is 0 Å². The molecule has 59 heavy (non-hydrogen) atoms. The maximum atomic E-state index is 12.4. The number of benzene rings is 5. The molecule has 0 radical (unpaired) electrons. The highest BCUT2D eigenvalue weighted by atomic mass is 16.3. The van der Waals surface area contributed by atoms with Crippen molar-refractivity contribution in [1.82, 2.24) is 14.5 Å². The predicted octanol–water partition coefficient (Wildman–Crippen LogP) is 14.4. The first kappa shape index (κ1) is 40.0. The minimum atomic E-state index is -0.314. The number of phenols is 1. The number of nitrogens with zero attached hydrogens (tertiary/aromatic N) is 4. The average Bonchev–Trinajstić information content (AvgIpc) is 3.50. The lowest BCUT2D eigenvalue weighted by Crippen LogP contribution is -2.17. The van der Waals surface area contributed by atoms with Crippen molar-refractivity contribution in [2.24, 2.45) is 4.99 Å². The van der Waals surface area contributed by atoms with Crippen molar-refractivity contribution in [3.8, 4) is 56.5 Å². The number of fused-ring (bicyclic) bond motifs is 2. The fourth-order valence-corrected chi connectivity index (χ4v) is 8.15. The molecule has 0 spiro atoms. The molecule has 0 saturated carbocycles. The summed E-state index contributed by atoms with van der Waals surface area (Å²) < 4.78 is 2.25. The van der Waals surface area contributed by atoms with Crippen molar-refractivity contribution in [2.45, 2.75) is 112 Å². The first-order chi connectivity index (χ1) is 27.6. The van der Waals surface area contributed by atoms with Gasteiger partial charge in [0.15, 0.2) is 0 Å². The number of aliphatic imine (C=N–C) groups is 1. The quantitative estimate of drug-likeness (QED) is 0.194. The molecule has 5 nitrogen and oxygen atoms in total. The minimum absolute atomic E-state index is 0.0686. The summed E-state index contributed by atoms with van der Waals surface area (Å²) in [6.45, 7) is 28.7. The fourth-order valence-electron chi connectivity index (χ4n) is 8.15. The zero-order chi connectivity index (χ0) is 42.4. The van der Waals surface area contributed by atoms with Gasteiger partial charge in [0.05, 0.1) is 39.4 Å². The third-order valence-electron chi connectivity index (χ3n) is 11.8. The van der Waals surface area contributed by atoms with Crippen LogP contribution in [0.25, 0.3) is 61.8 Å². The fraction of sp³-hybridized carbons (Fsp3) is 0.315. The van der Waals surface area contributed by atoms with E-state index < -0.39 is 0 Å². The maximum absolute atomic E-state index is 12.4. The zero-order valence-electron chi connectivity index (χ0n) is 37.1. The van der Waals surface area contributed by atoms with Crippen LogP contribution >= 0.6 is 0 Å². The lowest BCUT2D eigenvalue weighted by atomic mass is 9.79. The van der Waals surface area contributed by atoms with E-state index in [4.69, 9.17) is 15.0 Å². The van der Waals surface area contributed by atoms with E-state index in [1.54, 1.807) is 0 Å². The van der Waals surface area contributed by atoms with Gasteiger partial charge in [0, 0.05) is 28.0 Å². The van der Waals surface area contributed by atoms with E-state index in [2.05, 4.69) is 204 Å². The van der Waals surface area contributed by atoms with Gasteiger partial charge in [-0.3, -0.25) is 9.56 Å². The number of pyridine rings is 1. The standard InChI is InChI=1S/C54H58N4O/c1-32-39-23-24-40(44-31-38(53(8,9)10)30-43(56-44)35-21-17-20-34(26-35)33-18-15-14-16-19-33)47-48(39)58(46-25-22-36(51(2,3)4)29-45(46)55-32)50(57-47)41-27-37(52(5,6)7)28-42(49(41)59)54(11,12)13/h14-31,59H,1-13H3. The Morgan fingerprint density at radius 3 is 1.76 bits per heavy atom. The number of phenolic OH excluding ortho intramolecular Hbond substituents is 1. The summed E-state index contributed by atoms with van der Waals surface area (Å²) in [5.74, 6) is 0.934. The summed E-state index contributed by atoms with van der Waals surface area (Å²) in [5.41, 5.74) is 16.0. The topological polar surface area (TPSA) is 63.3 Å². The summed E-state index contributed by atoms with van der Waals surface area (Å²) in [5, 5.41) is 12.4. The van der Waals surface area contributed by atoms with Gasteiger partial charge >= 0.3 is 0 Å². The van der Waals surface area contributed by atoms with Gasteiger partial charge in [0.1, 0.15) is 11.6 Å². The lowest BCUT2D eigenvalue weighted by molar-refractivity contribution is 0.446. The van der Waals surface area contributed by atoms with Gasteiger partial charge in [-0.15, -0.1) is 0 Å². The molecule has 1 aliphatic rings. The SMILES string of the molecule is CC1=Nc2cc(C(C)(C)C)ccc2-n2c(-c3cc(C(C)(C)C)cc(C(C)(C)C)c3O)nc3c(-c4cc(C(C)(C)C)cc(-c5cccc(-c6ccccc6)c5)n4)ccc1c32. The Morgan fingerprint density at radius 1 is 0.492 bits per heavy atom. The monoisotopic (exact) mass is 778 g/mol. The van der Waals surface area contributed by atoms with Crippen LogP contribution in [0, 0.1) is 0 Å². The van der Waals surface area contributed by atoms with Gasteiger partial charge in [-0.1, -0.05) is 150 Å². The zero-order valence-corrected chi connectivity index (χ0v) is 37.1. The molecule has 0 saturated heterocycles. The second-order valence-corrected chi connectivity index (χ2v) is 20.5. The summed E-state index contributed by atoms with van der Waals surface area (Å²) in [6, 6.07) is 38.9. The molecule has 0 bridgehead atoms. The molecule has 0 fully saturated rings. The van der Waals surface area contributed by atoms with E-state index in [0.717, 1.165) is 72.9 Å². The molecule has 1 aliphatic heterocycles. The van der Waals surface area contributed by atoms with Crippen LogP contribution in [0.15, 0.2) is 114 Å². The predicted molar refractivity (Wildman–Crippen MR) is 249 cm³/mol. The molecule has 0 atom stereocenters. The van der Waals surface area contributed by atoms with Gasteiger partial charge in [0.25, 0.3) is 0 Å². The van der Waals surface area contributed by atoms with Crippen LogP contribution in [-0.4, -0.2) is 25.4 Å². The average molecular weight is 779 g/mol. The molecule has 5 aromatic carbocycles. The minimum Gasteiger partial charge on any atom is -0.507 e. The summed E-state index contributed by atoms with van der Waals surface area (Å²) in [4.78, 5) is 16.4. The molecule has 0 unspecified atom stereocenters. The Labute approximate surface area is 351 Å². The number of aromatic hydroxyl groups is 1. The van der Waals surface area contributed by atoms with E-state index in [-0.39, 0.29) is 27.4 Å². The van der Waals surface area contributed by atoms with Gasteiger partial charge in [0.2, 0.25) is 0 Å². The number of rotatable bonds is 4. The lowest BCUT2D eigenvalue weighted by Gasteiger charge is -2.27. The summed E-state index contributed by atoms with van der Waals surface area (Å²) >= 11 is 0. The molecule has 0 amide bonds. The van der Waals surface area contributed by atoms with E-state index >= 15 is 0 Å². The molecule has 3 heterocycles. The van der Waals surface area contributed by atoms with E-state index in [1.165, 1.54) is 16.7 Å². The van der Waals surface area contributed by atoms with E-state index in [1.807, 2.05) is 0 Å². The number of hydrogen-bond acceptors (Lipinski definition) is 4. The Bertz CT molecular complexity index is 2810. The molecule has 0 aliphatic carbocycles. The van der Waals surface area contributed by atoms with Crippen molar-refractivity contribution in [1.29, 1.82) is 0 Å². The third kappa shape index (κ3) is 7.30. The molecule has 7 aromatic rings. The van der Waals surface area contributed by atoms with Crippen LogP contribution in [0.3, 0.4) is 0 Å². The Balaban J connectivity index is 1.47. The summed E-state index contributed by atoms with van der Waals surface area (Å²) in [6.07, 6.45) is 0. The van der Waals surface area contributed by atoms with Gasteiger partial charge in [-0.2, -0.15) is 0 Å². The second kappa shape index (κ2) is 13.9. The molecule has 5 heteroatoms. The first-order valence-electron chi connectivity index (χ1n) is 20.9. The van der Waals surface area contributed by atoms with E-state index in [9.17, 15) is 5.11 Å². The molecular weight excluding hydrogens is 721 g/mol. The molecule has 2 aromatic heterocycles. The second-order valence-electron chi connectivity index (χ2n) is 20.5. The van der Waals surface area contributed by atoms with Crippen LogP contribution in [-0.2, 0) is 21.7 Å². The number of aromatic nitrogens is 3. The number of imidazole rings is 1. The van der Waals surface area contributed by atoms with Gasteiger partial charge < -0.3 is 5.11 Å². The highest BCUT2D eigenvalue weighted by Crippen LogP contribution is 2.47. The summed E-state index contributed by atoms with van der Waals surface area (Å²) in [7, 11) is 0. The Morgan fingerprint density at radius 2 is 1.10 bits per heavy atom. The molecule has 8 rings (SSSR count). The Kier molecular flexibility index (Phi) is 9.42. The molecular formula is C54H58N4O. The van der Waals surface area contributed by atoms with Crippen LogP contribution in [0.4, 0.5) is 5.69 Å². The Hall–Kier alpha value is -5.81. The highest BCUT2D eigenvalue weighted by Gasteiger charge is 2.32. The van der Waals surface area contributed by atoms with Crippen molar-refractivity contribution in [2.75, 3.05) is 0 Å². The highest BCUT2D eigenvalue weighted by molar-refractivity contribution is 6.14. The van der Waals surface area contributed by atoms with Gasteiger partial charge in [-0.05, 0) is 98.9 Å². The third-order valence-corrected chi connectivity index (χ3v) is 11.8. The molecule has 1 N–H and O–H groups in total. The van der Waals surface area contributed by atoms with Crippen LogP contribution in [0.1, 0.15) is 118 Å². The van der Waals surface area contributed by atoms with Gasteiger partial charge in [-0.25, -0.2) is 9.97 Å². The number of hydrogen-bond donors (Lipinski definition) is 1. The molecule has 300 valence electrons. The largest absolute Gasteiger partial charge is 0.507 e. The van der Waals surface area contributed by atoms with E-state index in [0.29, 0.717) is 11.4 Å². The smallest absolute Gasteiger partial charge is 0.149 e. The maximum Gasteiger partial charge on any atom is 0.149 e. The van der Waals surface area contributed by atoms with Crippen molar-refractivity contribution in [3.05, 3.63) is 137 Å². The van der Waals surface area contributed by atoms with Crippen molar-refractivity contribution in [3.63, 3.8) is 0 Å². The van der Waals surface area contributed by atoms with Crippen molar-refractivity contribution >= 4 is 22.4 Å². The van der Waals surface area contributed by atoms with Crippen molar-refractivity contribution < 1.29 is 5.11 Å².